The van der Waals surface area contributed by atoms with Crippen LogP contribution in [0.15, 0.2) is 22.7 Å². The van der Waals surface area contributed by atoms with E-state index in [1.165, 1.54) is 0 Å². The number of nitrogens with one attached hydrogen (secondary N) is 1. The zero-order valence-electron chi connectivity index (χ0n) is 10.3. The quantitative estimate of drug-likeness (QED) is 0.924. The number of hydrogen-bond donors (Lipinski definition) is 1. The Balaban J connectivity index is 2.05. The SMILES string of the molecule is CN(CC1CNCCO1)c1cc(Br)cc(C#N)c1. The molecule has 0 saturated carbocycles. The van der Waals surface area contributed by atoms with Gasteiger partial charge in [0.2, 0.25) is 0 Å². The standard InChI is InChI=1S/C13H16BrN3O/c1-17(9-13-8-16-2-3-18-13)12-5-10(7-15)4-11(14)6-12/h4-6,13,16H,2-3,8-9H2,1H3. The molecule has 0 amide bonds. The van der Waals surface area contributed by atoms with Gasteiger partial charge >= 0.3 is 0 Å². The molecule has 0 aliphatic carbocycles. The van der Waals surface area contributed by atoms with Crippen LogP contribution in [0.1, 0.15) is 5.56 Å². The average Bonchev–Trinajstić information content (AvgIpc) is 2.39. The fourth-order valence-corrected chi connectivity index (χ4v) is 2.49. The molecule has 1 aromatic carbocycles. The minimum Gasteiger partial charge on any atom is -0.374 e. The monoisotopic (exact) mass is 309 g/mol. The van der Waals surface area contributed by atoms with E-state index < -0.39 is 0 Å². The van der Waals surface area contributed by atoms with Gasteiger partial charge in [0.25, 0.3) is 0 Å². The van der Waals surface area contributed by atoms with Gasteiger partial charge in [0.05, 0.1) is 24.3 Å². The summed E-state index contributed by atoms with van der Waals surface area (Å²) in [6.07, 6.45) is 0.202. The number of nitriles is 1. The predicted octanol–water partition coefficient (Wildman–Crippen LogP) is 1.75. The molecule has 0 bridgehead atoms. The third-order valence-corrected chi connectivity index (χ3v) is 3.39. The van der Waals surface area contributed by atoms with E-state index in [4.69, 9.17) is 10.00 Å². The van der Waals surface area contributed by atoms with Gasteiger partial charge in [0, 0.05) is 36.8 Å². The van der Waals surface area contributed by atoms with Crippen molar-refractivity contribution in [3.05, 3.63) is 28.2 Å². The second-order valence-corrected chi connectivity index (χ2v) is 5.30. The molecule has 0 radical (unpaired) electrons. The summed E-state index contributed by atoms with van der Waals surface area (Å²) in [6.45, 7) is 3.38. The van der Waals surface area contributed by atoms with Crippen LogP contribution in [0.5, 0.6) is 0 Å². The van der Waals surface area contributed by atoms with Gasteiger partial charge in [-0.25, -0.2) is 0 Å². The highest BCUT2D eigenvalue weighted by Crippen LogP contribution is 2.22. The summed E-state index contributed by atoms with van der Waals surface area (Å²) in [7, 11) is 2.01. The molecule has 18 heavy (non-hydrogen) atoms. The first-order chi connectivity index (χ1) is 8.69. The van der Waals surface area contributed by atoms with Gasteiger partial charge in [-0.05, 0) is 18.2 Å². The molecule has 1 aliphatic rings. The normalized spacial score (nSPS) is 19.3. The zero-order valence-corrected chi connectivity index (χ0v) is 11.9. The van der Waals surface area contributed by atoms with Crippen molar-refractivity contribution in [3.8, 4) is 6.07 Å². The number of nitrogens with zero attached hydrogens (tertiary/aromatic N) is 2. The summed E-state index contributed by atoms with van der Waals surface area (Å²) in [5.41, 5.74) is 1.68. The lowest BCUT2D eigenvalue weighted by molar-refractivity contribution is 0.0340. The number of halogens is 1. The lowest BCUT2D eigenvalue weighted by Gasteiger charge is -2.29. The number of ether oxygens (including phenoxy) is 1. The Bertz CT molecular complexity index is 452. The number of benzene rings is 1. The van der Waals surface area contributed by atoms with Crippen LogP contribution in [-0.4, -0.2) is 39.4 Å². The van der Waals surface area contributed by atoms with Crippen molar-refractivity contribution in [3.63, 3.8) is 0 Å². The molecule has 1 atom stereocenters. The Hall–Kier alpha value is -1.09. The molecular formula is C13H16BrN3O. The van der Waals surface area contributed by atoms with Crippen LogP contribution in [-0.2, 0) is 4.74 Å². The minimum absolute atomic E-state index is 0.202. The second kappa shape index (κ2) is 6.19. The number of anilines is 1. The van der Waals surface area contributed by atoms with E-state index in [-0.39, 0.29) is 6.10 Å². The largest absolute Gasteiger partial charge is 0.374 e. The van der Waals surface area contributed by atoms with Crippen molar-refractivity contribution >= 4 is 21.6 Å². The lowest BCUT2D eigenvalue weighted by atomic mass is 10.2. The maximum atomic E-state index is 8.97. The van der Waals surface area contributed by atoms with Gasteiger partial charge < -0.3 is 15.0 Å². The van der Waals surface area contributed by atoms with Crippen LogP contribution < -0.4 is 10.2 Å². The van der Waals surface area contributed by atoms with Crippen molar-refractivity contribution in [2.24, 2.45) is 0 Å². The number of hydrogen-bond acceptors (Lipinski definition) is 4. The van der Waals surface area contributed by atoms with Crippen molar-refractivity contribution in [1.29, 1.82) is 5.26 Å². The predicted molar refractivity (Wildman–Crippen MR) is 74.7 cm³/mol. The van der Waals surface area contributed by atoms with E-state index in [2.05, 4.69) is 32.2 Å². The first-order valence-electron chi connectivity index (χ1n) is 5.93. The number of likely N-dealkylation sites (N-methyl/N-ethyl adjacent to an activating group) is 1. The lowest BCUT2D eigenvalue weighted by Crippen LogP contribution is -2.44. The minimum atomic E-state index is 0.202. The van der Waals surface area contributed by atoms with Crippen molar-refractivity contribution in [1.82, 2.24) is 5.32 Å². The smallest absolute Gasteiger partial charge is 0.0992 e. The molecule has 1 fully saturated rings. The molecule has 0 aromatic heterocycles. The summed E-state index contributed by atoms with van der Waals surface area (Å²) < 4.78 is 6.60. The molecule has 1 unspecified atom stereocenters. The van der Waals surface area contributed by atoms with Crippen LogP contribution >= 0.6 is 15.9 Å². The number of rotatable bonds is 3. The van der Waals surface area contributed by atoms with E-state index in [0.717, 1.165) is 36.4 Å². The fourth-order valence-electron chi connectivity index (χ4n) is 2.01. The van der Waals surface area contributed by atoms with E-state index in [0.29, 0.717) is 5.56 Å². The van der Waals surface area contributed by atoms with E-state index >= 15 is 0 Å². The Labute approximate surface area is 116 Å². The molecule has 1 N–H and O–H groups in total. The average molecular weight is 310 g/mol. The van der Waals surface area contributed by atoms with E-state index in [1.807, 2.05) is 25.2 Å². The van der Waals surface area contributed by atoms with Crippen LogP contribution in [0.25, 0.3) is 0 Å². The van der Waals surface area contributed by atoms with Gasteiger partial charge in [-0.15, -0.1) is 0 Å². The first-order valence-corrected chi connectivity index (χ1v) is 6.72. The molecule has 4 nitrogen and oxygen atoms in total. The summed E-state index contributed by atoms with van der Waals surface area (Å²) >= 11 is 3.43. The molecule has 2 rings (SSSR count). The Morgan fingerprint density at radius 1 is 1.56 bits per heavy atom. The van der Waals surface area contributed by atoms with Crippen LogP contribution in [0.3, 0.4) is 0 Å². The molecule has 0 spiro atoms. The molecule has 1 saturated heterocycles. The molecule has 1 aromatic rings. The van der Waals surface area contributed by atoms with Gasteiger partial charge in [0.15, 0.2) is 0 Å². The molecular weight excluding hydrogens is 294 g/mol. The summed E-state index contributed by atoms with van der Waals surface area (Å²) in [5.74, 6) is 0. The zero-order chi connectivity index (χ0) is 13.0. The Morgan fingerprint density at radius 3 is 3.06 bits per heavy atom. The molecule has 1 aliphatic heterocycles. The first kappa shape index (κ1) is 13.3. The molecule has 96 valence electrons. The van der Waals surface area contributed by atoms with Crippen molar-refractivity contribution in [2.75, 3.05) is 38.2 Å². The van der Waals surface area contributed by atoms with Gasteiger partial charge in [-0.1, -0.05) is 15.9 Å². The highest BCUT2D eigenvalue weighted by atomic mass is 79.9. The van der Waals surface area contributed by atoms with E-state index in [1.54, 1.807) is 0 Å². The third kappa shape index (κ3) is 3.45. The van der Waals surface area contributed by atoms with Crippen LogP contribution in [0.2, 0.25) is 0 Å². The Morgan fingerprint density at radius 2 is 2.39 bits per heavy atom. The third-order valence-electron chi connectivity index (χ3n) is 2.93. The molecule has 5 heteroatoms. The molecule has 1 heterocycles. The van der Waals surface area contributed by atoms with Gasteiger partial charge in [0.1, 0.15) is 0 Å². The highest BCUT2D eigenvalue weighted by Gasteiger charge is 2.16. The summed E-state index contributed by atoms with van der Waals surface area (Å²) in [6, 6.07) is 7.88. The highest BCUT2D eigenvalue weighted by molar-refractivity contribution is 9.10. The van der Waals surface area contributed by atoms with Crippen molar-refractivity contribution in [2.45, 2.75) is 6.10 Å². The topological polar surface area (TPSA) is 48.3 Å². The maximum absolute atomic E-state index is 8.97. The summed E-state index contributed by atoms with van der Waals surface area (Å²) in [4.78, 5) is 2.11. The van der Waals surface area contributed by atoms with Crippen LogP contribution in [0.4, 0.5) is 5.69 Å². The van der Waals surface area contributed by atoms with Crippen LogP contribution in [0, 0.1) is 11.3 Å². The second-order valence-electron chi connectivity index (χ2n) is 4.39. The van der Waals surface area contributed by atoms with Gasteiger partial charge in [-0.3, -0.25) is 0 Å². The van der Waals surface area contributed by atoms with Crippen molar-refractivity contribution < 1.29 is 4.74 Å². The maximum Gasteiger partial charge on any atom is 0.0992 e. The van der Waals surface area contributed by atoms with E-state index in [9.17, 15) is 0 Å². The number of morpholine rings is 1. The van der Waals surface area contributed by atoms with Gasteiger partial charge in [-0.2, -0.15) is 5.26 Å². The summed E-state index contributed by atoms with van der Waals surface area (Å²) in [5, 5.41) is 12.3. The fraction of sp³-hybridized carbons (Fsp3) is 0.462. The Kier molecular flexibility index (Phi) is 4.59.